The van der Waals surface area contributed by atoms with Gasteiger partial charge < -0.3 is 14.4 Å². The molecule has 2 aromatic heterocycles. The molecule has 0 N–H and O–H groups in total. The van der Waals surface area contributed by atoms with Crippen molar-refractivity contribution in [3.63, 3.8) is 0 Å². The van der Waals surface area contributed by atoms with Crippen LogP contribution < -0.4 is 9.64 Å². The van der Waals surface area contributed by atoms with Crippen molar-refractivity contribution in [1.29, 1.82) is 0 Å². The lowest BCUT2D eigenvalue weighted by molar-refractivity contribution is 0.0829. The summed E-state index contributed by atoms with van der Waals surface area (Å²) >= 11 is 0. The molecule has 1 unspecified atom stereocenters. The van der Waals surface area contributed by atoms with Crippen molar-refractivity contribution in [2.45, 2.75) is 31.3 Å². The molecule has 2 saturated heterocycles. The average molecular weight is 376 g/mol. The molecule has 0 amide bonds. The molecule has 0 radical (unpaired) electrons. The number of hydrogen-bond acceptors (Lipinski definition) is 6. The van der Waals surface area contributed by atoms with E-state index in [2.05, 4.69) is 50.2 Å². The Labute approximate surface area is 164 Å². The van der Waals surface area contributed by atoms with E-state index >= 15 is 0 Å². The zero-order valence-electron chi connectivity index (χ0n) is 15.8. The number of ether oxygens (including phenoxy) is 2. The van der Waals surface area contributed by atoms with E-state index in [0.29, 0.717) is 11.8 Å². The molecule has 0 spiro atoms. The minimum absolute atomic E-state index is 0.0936. The molecular formula is C22H24N4O2. The lowest BCUT2D eigenvalue weighted by Crippen LogP contribution is -2.26. The average Bonchev–Trinajstić information content (AvgIpc) is 3.23. The van der Waals surface area contributed by atoms with E-state index in [1.165, 1.54) is 10.8 Å². The quantitative estimate of drug-likeness (QED) is 0.694. The maximum absolute atomic E-state index is 6.34. The highest BCUT2D eigenvalue weighted by atomic mass is 16.5. The van der Waals surface area contributed by atoms with Crippen LogP contribution in [0.25, 0.3) is 10.8 Å². The topological polar surface area (TPSA) is 60.4 Å². The Balaban J connectivity index is 1.33. The Kier molecular flexibility index (Phi) is 4.79. The van der Waals surface area contributed by atoms with Gasteiger partial charge in [0.25, 0.3) is 0 Å². The summed E-state index contributed by atoms with van der Waals surface area (Å²) in [6.45, 7) is 3.30. The summed E-state index contributed by atoms with van der Waals surface area (Å²) in [6.07, 6.45) is 8.37. The van der Waals surface area contributed by atoms with Gasteiger partial charge in [0.05, 0.1) is 6.54 Å². The Bertz CT molecular complexity index is 953. The molecule has 0 saturated carbocycles. The standard InChI is InChI=1S/C22H24N4O2/c1-2-4-19-16(3-1)5-9-24-21(19)26-12-6-18(15-26)28-22-20(23-10-11-25-22)17-7-13-27-14-8-17/h1-5,9-11,17-18H,6-8,12-15H2. The molecule has 144 valence electrons. The maximum atomic E-state index is 6.34. The summed E-state index contributed by atoms with van der Waals surface area (Å²) in [4.78, 5) is 16.1. The van der Waals surface area contributed by atoms with Gasteiger partial charge in [0, 0.05) is 56.1 Å². The lowest BCUT2D eigenvalue weighted by atomic mass is 9.96. The van der Waals surface area contributed by atoms with Crippen LogP contribution in [-0.2, 0) is 4.74 Å². The third-order valence-electron chi connectivity index (χ3n) is 5.67. The molecule has 6 nitrogen and oxygen atoms in total. The molecule has 5 rings (SSSR count). The fourth-order valence-corrected chi connectivity index (χ4v) is 4.21. The highest BCUT2D eigenvalue weighted by Crippen LogP contribution is 2.33. The number of fused-ring (bicyclic) bond motifs is 1. The minimum Gasteiger partial charge on any atom is -0.471 e. The molecule has 2 fully saturated rings. The van der Waals surface area contributed by atoms with Gasteiger partial charge in [0.15, 0.2) is 0 Å². The highest BCUT2D eigenvalue weighted by Gasteiger charge is 2.29. The van der Waals surface area contributed by atoms with Gasteiger partial charge in [-0.3, -0.25) is 4.98 Å². The van der Waals surface area contributed by atoms with Crippen molar-refractivity contribution < 1.29 is 9.47 Å². The first-order chi connectivity index (χ1) is 13.9. The maximum Gasteiger partial charge on any atom is 0.236 e. The summed E-state index contributed by atoms with van der Waals surface area (Å²) in [6, 6.07) is 10.5. The second kappa shape index (κ2) is 7.72. The summed E-state index contributed by atoms with van der Waals surface area (Å²) in [5.74, 6) is 2.09. The Morgan fingerprint density at radius 1 is 0.929 bits per heavy atom. The number of pyridine rings is 1. The first-order valence-electron chi connectivity index (χ1n) is 10.0. The molecule has 6 heteroatoms. The van der Waals surface area contributed by atoms with Crippen LogP contribution in [0.1, 0.15) is 30.9 Å². The van der Waals surface area contributed by atoms with Crippen molar-refractivity contribution in [2.75, 3.05) is 31.2 Å². The summed E-state index contributed by atoms with van der Waals surface area (Å²) < 4.78 is 11.8. The van der Waals surface area contributed by atoms with Crippen molar-refractivity contribution >= 4 is 16.6 Å². The smallest absolute Gasteiger partial charge is 0.236 e. The first kappa shape index (κ1) is 17.4. The van der Waals surface area contributed by atoms with Gasteiger partial charge in [-0.25, -0.2) is 9.97 Å². The summed E-state index contributed by atoms with van der Waals surface area (Å²) in [5, 5.41) is 2.40. The molecule has 1 atom stereocenters. The number of benzene rings is 1. The van der Waals surface area contributed by atoms with Crippen LogP contribution >= 0.6 is 0 Å². The second-order valence-corrected chi connectivity index (χ2v) is 7.46. The molecule has 4 heterocycles. The molecule has 0 aliphatic carbocycles. The third-order valence-corrected chi connectivity index (χ3v) is 5.67. The van der Waals surface area contributed by atoms with E-state index in [0.717, 1.165) is 57.1 Å². The fraction of sp³-hybridized carbons (Fsp3) is 0.409. The summed E-state index contributed by atoms with van der Waals surface area (Å²) in [5.41, 5.74) is 0.979. The van der Waals surface area contributed by atoms with Crippen molar-refractivity contribution in [3.05, 3.63) is 54.6 Å². The largest absolute Gasteiger partial charge is 0.471 e. The third kappa shape index (κ3) is 3.40. The Morgan fingerprint density at radius 3 is 2.71 bits per heavy atom. The SMILES string of the molecule is c1ccc2c(N3CCC(Oc4nccnc4C4CCOCC4)C3)nccc2c1. The second-order valence-electron chi connectivity index (χ2n) is 7.46. The Morgan fingerprint density at radius 2 is 1.79 bits per heavy atom. The van der Waals surface area contributed by atoms with E-state index < -0.39 is 0 Å². The first-order valence-corrected chi connectivity index (χ1v) is 10.0. The zero-order valence-corrected chi connectivity index (χ0v) is 15.8. The van der Waals surface area contributed by atoms with Crippen molar-refractivity contribution in [1.82, 2.24) is 15.0 Å². The van der Waals surface area contributed by atoms with E-state index in [1.54, 1.807) is 12.4 Å². The minimum atomic E-state index is 0.0936. The predicted octanol–water partition coefficient (Wildman–Crippen LogP) is 3.58. The van der Waals surface area contributed by atoms with Crippen LogP contribution in [0.2, 0.25) is 0 Å². The van der Waals surface area contributed by atoms with E-state index in [9.17, 15) is 0 Å². The van der Waals surface area contributed by atoms with Crippen LogP contribution in [0, 0.1) is 0 Å². The number of anilines is 1. The molecule has 2 aliphatic rings. The van der Waals surface area contributed by atoms with Crippen LogP contribution in [0.4, 0.5) is 5.82 Å². The predicted molar refractivity (Wildman–Crippen MR) is 108 cm³/mol. The van der Waals surface area contributed by atoms with Gasteiger partial charge in [-0.1, -0.05) is 24.3 Å². The van der Waals surface area contributed by atoms with Gasteiger partial charge in [-0.15, -0.1) is 0 Å². The van der Waals surface area contributed by atoms with E-state index in [-0.39, 0.29) is 6.10 Å². The van der Waals surface area contributed by atoms with E-state index in [1.807, 2.05) is 6.20 Å². The normalized spacial score (nSPS) is 20.6. The molecule has 2 aliphatic heterocycles. The number of hydrogen-bond donors (Lipinski definition) is 0. The summed E-state index contributed by atoms with van der Waals surface area (Å²) in [7, 11) is 0. The van der Waals surface area contributed by atoms with Crippen LogP contribution in [-0.4, -0.2) is 47.4 Å². The molecule has 28 heavy (non-hydrogen) atoms. The van der Waals surface area contributed by atoms with Crippen molar-refractivity contribution in [2.24, 2.45) is 0 Å². The molecule has 1 aromatic carbocycles. The van der Waals surface area contributed by atoms with Crippen molar-refractivity contribution in [3.8, 4) is 5.88 Å². The number of nitrogens with zero attached hydrogens (tertiary/aromatic N) is 4. The monoisotopic (exact) mass is 376 g/mol. The van der Waals surface area contributed by atoms with Gasteiger partial charge in [0.2, 0.25) is 5.88 Å². The van der Waals surface area contributed by atoms with Gasteiger partial charge in [-0.05, 0) is 24.3 Å². The number of rotatable bonds is 4. The lowest BCUT2D eigenvalue weighted by Gasteiger charge is -2.24. The number of aromatic nitrogens is 3. The van der Waals surface area contributed by atoms with Gasteiger partial charge >= 0.3 is 0 Å². The van der Waals surface area contributed by atoms with Crippen LogP contribution in [0.15, 0.2) is 48.9 Å². The molecule has 3 aromatic rings. The van der Waals surface area contributed by atoms with Crippen LogP contribution in [0.5, 0.6) is 5.88 Å². The van der Waals surface area contributed by atoms with Crippen LogP contribution in [0.3, 0.4) is 0 Å². The van der Waals surface area contributed by atoms with Gasteiger partial charge in [-0.2, -0.15) is 0 Å². The molecular weight excluding hydrogens is 352 g/mol. The zero-order chi connectivity index (χ0) is 18.8. The Hall–Kier alpha value is -2.73. The molecule has 0 bridgehead atoms. The van der Waals surface area contributed by atoms with E-state index in [4.69, 9.17) is 9.47 Å². The van der Waals surface area contributed by atoms with Gasteiger partial charge in [0.1, 0.15) is 17.6 Å². The fourth-order valence-electron chi connectivity index (χ4n) is 4.21. The highest BCUT2D eigenvalue weighted by molar-refractivity contribution is 5.92.